The van der Waals surface area contributed by atoms with Crippen molar-refractivity contribution in [3.8, 4) is 0 Å². The first-order valence-electron chi connectivity index (χ1n) is 17.8. The van der Waals surface area contributed by atoms with Crippen LogP contribution in [0.1, 0.15) is 127 Å². The normalized spacial score (nSPS) is 14.4. The number of ketones is 1. The maximum Gasteiger partial charge on any atom is 0.340 e. The van der Waals surface area contributed by atoms with Crippen molar-refractivity contribution in [1.82, 2.24) is 10.2 Å². The fraction of sp³-hybridized carbons (Fsp3) is 0.857. The molecule has 0 fully saturated rings. The molecule has 0 aromatic heterocycles. The Morgan fingerprint density at radius 1 is 0.796 bits per heavy atom. The lowest BCUT2D eigenvalue weighted by Crippen LogP contribution is -2.55. The summed E-state index contributed by atoms with van der Waals surface area (Å²) in [6.07, 6.45) is 8.19. The number of unbranched alkanes of at least 4 members (excludes halogenated alkanes) is 7. The molecule has 49 heavy (non-hydrogen) atoms. The van der Waals surface area contributed by atoms with Crippen LogP contribution in [0.5, 0.6) is 0 Å². The van der Waals surface area contributed by atoms with E-state index in [1.807, 2.05) is 0 Å². The highest BCUT2D eigenvalue weighted by Crippen LogP contribution is 2.47. The van der Waals surface area contributed by atoms with Gasteiger partial charge in [0.05, 0.1) is 19.1 Å². The lowest BCUT2D eigenvalue weighted by molar-refractivity contribution is -0.164. The molecule has 0 aliphatic heterocycles. The molecule has 0 rings (SSSR count). The van der Waals surface area contributed by atoms with Crippen LogP contribution in [-0.4, -0.2) is 96.4 Å². The summed E-state index contributed by atoms with van der Waals surface area (Å²) < 4.78 is 34.0. The molecule has 0 aliphatic carbocycles. The lowest BCUT2D eigenvalue weighted by atomic mass is 9.85. The van der Waals surface area contributed by atoms with Gasteiger partial charge in [-0.2, -0.15) is 0 Å². The van der Waals surface area contributed by atoms with E-state index in [9.17, 15) is 33.6 Å². The Hall–Kier alpha value is -2.34. The third-order valence-corrected chi connectivity index (χ3v) is 9.74. The van der Waals surface area contributed by atoms with Gasteiger partial charge in [-0.05, 0) is 60.3 Å². The van der Waals surface area contributed by atoms with Gasteiger partial charge in [0.2, 0.25) is 5.91 Å². The Bertz CT molecular complexity index is 1080. The van der Waals surface area contributed by atoms with Crippen LogP contribution in [0.25, 0.3) is 0 Å². The molecule has 0 aromatic rings. The van der Waals surface area contributed by atoms with Crippen molar-refractivity contribution in [3.63, 3.8) is 0 Å². The molecule has 0 aliphatic rings. The summed E-state index contributed by atoms with van der Waals surface area (Å²) in [5, 5.41) is 13.2. The maximum atomic E-state index is 13.5. The second-order valence-electron chi connectivity index (χ2n) is 14.2. The Balaban J connectivity index is 5.51. The second-order valence-corrected chi connectivity index (χ2v) is 16.2. The standard InChI is InChI=1S/C35H65N2O11P/c1-11-45-49(44,46-12-2)25-29(38)37(10)24-31(40)47-28(22-20-18-16-14-13-15-17-19-21-26(3)4)27(5)32(41)35(9,43)33(42)36-23-30(39)48-34(6,7)8/h26-28,43H,11-25H2,1-10H3,(H,36,42)/t27-,28+,35?/m1/s1. The molecule has 286 valence electrons. The number of amides is 2. The van der Waals surface area contributed by atoms with Crippen LogP contribution in [0.2, 0.25) is 0 Å². The van der Waals surface area contributed by atoms with Crippen molar-refractivity contribution in [2.45, 2.75) is 144 Å². The monoisotopic (exact) mass is 720 g/mol. The summed E-state index contributed by atoms with van der Waals surface area (Å²) in [4.78, 5) is 65.2. The van der Waals surface area contributed by atoms with Crippen LogP contribution >= 0.6 is 7.60 Å². The summed E-state index contributed by atoms with van der Waals surface area (Å²) in [5.41, 5.74) is -3.32. The van der Waals surface area contributed by atoms with E-state index in [4.69, 9.17) is 18.5 Å². The van der Waals surface area contributed by atoms with Crippen LogP contribution in [0.3, 0.4) is 0 Å². The third-order valence-electron chi connectivity index (χ3n) is 7.78. The lowest BCUT2D eigenvalue weighted by Gasteiger charge is -2.30. The molecule has 2 N–H and O–H groups in total. The summed E-state index contributed by atoms with van der Waals surface area (Å²) in [7, 11) is -2.35. The molecule has 2 amide bonds. The second kappa shape index (κ2) is 23.2. The first kappa shape index (κ1) is 46.7. The summed E-state index contributed by atoms with van der Waals surface area (Å²) in [5.74, 6) is -4.59. The van der Waals surface area contributed by atoms with Crippen molar-refractivity contribution in [1.29, 1.82) is 0 Å². The van der Waals surface area contributed by atoms with E-state index in [-0.39, 0.29) is 19.6 Å². The average Bonchev–Trinajstić information content (AvgIpc) is 2.98. The van der Waals surface area contributed by atoms with Gasteiger partial charge in [-0.1, -0.05) is 72.1 Å². The molecule has 0 aromatic carbocycles. The molecule has 0 spiro atoms. The summed E-state index contributed by atoms with van der Waals surface area (Å²) >= 11 is 0. The van der Waals surface area contributed by atoms with Crippen LogP contribution in [-0.2, 0) is 47.1 Å². The number of nitrogens with one attached hydrogen (secondary N) is 1. The minimum absolute atomic E-state index is 0.0744. The number of rotatable bonds is 26. The zero-order chi connectivity index (χ0) is 37.8. The quantitative estimate of drug-likeness (QED) is 0.0493. The van der Waals surface area contributed by atoms with Crippen molar-refractivity contribution < 1.29 is 52.2 Å². The predicted octanol–water partition coefficient (Wildman–Crippen LogP) is 5.59. The van der Waals surface area contributed by atoms with E-state index in [0.717, 1.165) is 37.5 Å². The SMILES string of the molecule is CCOP(=O)(CC(=O)N(C)CC(=O)O[C@@H](CCCCCCCCCCC(C)C)[C@@H](C)C(=O)C(C)(O)C(=O)NCC(=O)OC(C)(C)C)OCC. The topological polar surface area (TPSA) is 175 Å². The summed E-state index contributed by atoms with van der Waals surface area (Å²) in [6, 6.07) is 0. The largest absolute Gasteiger partial charge is 0.460 e. The highest BCUT2D eigenvalue weighted by Gasteiger charge is 2.44. The molecule has 0 saturated carbocycles. The van der Waals surface area contributed by atoms with Gasteiger partial charge >= 0.3 is 19.5 Å². The molecule has 0 heterocycles. The van der Waals surface area contributed by atoms with E-state index in [2.05, 4.69) is 19.2 Å². The van der Waals surface area contributed by atoms with Crippen LogP contribution < -0.4 is 5.32 Å². The highest BCUT2D eigenvalue weighted by atomic mass is 31.2. The molecular weight excluding hydrogens is 655 g/mol. The van der Waals surface area contributed by atoms with Gasteiger partial charge in [0.15, 0.2) is 11.4 Å². The van der Waals surface area contributed by atoms with Gasteiger partial charge in [0.25, 0.3) is 5.91 Å². The van der Waals surface area contributed by atoms with E-state index in [1.54, 1.807) is 34.6 Å². The van der Waals surface area contributed by atoms with Gasteiger partial charge in [0, 0.05) is 7.05 Å². The van der Waals surface area contributed by atoms with E-state index in [1.165, 1.54) is 39.7 Å². The minimum atomic E-state index is -3.70. The molecular formula is C35H65N2O11P. The number of carbonyl (C=O) groups is 5. The van der Waals surface area contributed by atoms with Crippen molar-refractivity contribution in [2.75, 3.05) is 39.5 Å². The van der Waals surface area contributed by atoms with E-state index >= 15 is 0 Å². The first-order valence-corrected chi connectivity index (χ1v) is 19.5. The number of ether oxygens (including phenoxy) is 2. The van der Waals surface area contributed by atoms with Crippen LogP contribution in [0, 0.1) is 11.8 Å². The van der Waals surface area contributed by atoms with E-state index < -0.39 is 79.6 Å². The van der Waals surface area contributed by atoms with Crippen LogP contribution in [0.4, 0.5) is 0 Å². The number of nitrogens with zero attached hydrogens (tertiary/aromatic N) is 1. The number of carbonyl (C=O) groups excluding carboxylic acids is 5. The van der Waals surface area contributed by atoms with Gasteiger partial charge < -0.3 is 33.8 Å². The molecule has 1 unspecified atom stereocenters. The van der Waals surface area contributed by atoms with Crippen LogP contribution in [0.15, 0.2) is 0 Å². The Morgan fingerprint density at radius 3 is 1.76 bits per heavy atom. The molecule has 0 radical (unpaired) electrons. The molecule has 14 heteroatoms. The minimum Gasteiger partial charge on any atom is -0.460 e. The van der Waals surface area contributed by atoms with Crippen molar-refractivity contribution in [2.24, 2.45) is 11.8 Å². The van der Waals surface area contributed by atoms with Crippen molar-refractivity contribution >= 4 is 37.1 Å². The average molecular weight is 721 g/mol. The number of Topliss-reactive ketones (excluding diaryl/α,β-unsaturated/α-hetero) is 1. The Kier molecular flexibility index (Phi) is 22.1. The van der Waals surface area contributed by atoms with Gasteiger partial charge in [-0.15, -0.1) is 0 Å². The number of aliphatic hydroxyl groups is 1. The number of likely N-dealkylation sites (N-methyl/N-ethyl adjacent to an activating group) is 1. The zero-order valence-electron chi connectivity index (χ0n) is 31.8. The van der Waals surface area contributed by atoms with E-state index in [0.29, 0.717) is 12.3 Å². The zero-order valence-corrected chi connectivity index (χ0v) is 32.7. The number of hydrogen-bond donors (Lipinski definition) is 2. The molecule has 13 nitrogen and oxygen atoms in total. The Labute approximate surface area is 294 Å². The molecule has 0 bridgehead atoms. The number of esters is 2. The third kappa shape index (κ3) is 20.2. The number of hydrogen-bond acceptors (Lipinski definition) is 11. The molecule has 0 saturated heterocycles. The van der Waals surface area contributed by atoms with Crippen molar-refractivity contribution in [3.05, 3.63) is 0 Å². The fourth-order valence-corrected chi connectivity index (χ4v) is 6.71. The molecule has 3 atom stereocenters. The first-order chi connectivity index (χ1) is 22.7. The van der Waals surface area contributed by atoms with Gasteiger partial charge in [-0.25, -0.2) is 0 Å². The summed E-state index contributed by atoms with van der Waals surface area (Å²) in [6.45, 7) is 14.3. The fourth-order valence-electron chi connectivity index (χ4n) is 5.09. The smallest absolute Gasteiger partial charge is 0.340 e. The van der Waals surface area contributed by atoms with Gasteiger partial charge in [0.1, 0.15) is 31.0 Å². The Morgan fingerprint density at radius 2 is 1.29 bits per heavy atom. The highest BCUT2D eigenvalue weighted by molar-refractivity contribution is 7.54. The van der Waals surface area contributed by atoms with Gasteiger partial charge in [-0.3, -0.25) is 28.5 Å². The maximum absolute atomic E-state index is 13.5. The predicted molar refractivity (Wildman–Crippen MR) is 188 cm³/mol.